The van der Waals surface area contributed by atoms with Gasteiger partial charge in [0.25, 0.3) is 0 Å². The van der Waals surface area contributed by atoms with Gasteiger partial charge in [0.15, 0.2) is 0 Å². The summed E-state index contributed by atoms with van der Waals surface area (Å²) >= 11 is 0. The maximum atomic E-state index is 14.0. The molecule has 0 aromatic heterocycles. The van der Waals surface area contributed by atoms with Crippen LogP contribution in [0.2, 0.25) is 0 Å². The molecule has 0 spiro atoms. The third-order valence-electron chi connectivity index (χ3n) is 2.83. The maximum Gasteiger partial charge on any atom is 0.146 e. The van der Waals surface area contributed by atoms with E-state index < -0.39 is 0 Å². The topological polar surface area (TPSA) is 29.3 Å². The second kappa shape index (κ2) is 6.60. The van der Waals surface area contributed by atoms with Crippen molar-refractivity contribution in [2.45, 2.75) is 39.7 Å². The van der Waals surface area contributed by atoms with Crippen LogP contribution in [-0.4, -0.2) is 13.1 Å². The molecule has 17 heavy (non-hydrogen) atoms. The van der Waals surface area contributed by atoms with Crippen LogP contribution in [0.25, 0.3) is 0 Å². The number of nitrogens with zero attached hydrogens (tertiary/aromatic N) is 1. The SMILES string of the molecule is CCCN(CCC)c1ccc([C@H](C)N)cc1F. The Balaban J connectivity index is 2.95. The maximum absolute atomic E-state index is 14.0. The molecule has 0 saturated carbocycles. The lowest BCUT2D eigenvalue weighted by atomic mass is 10.1. The van der Waals surface area contributed by atoms with E-state index in [-0.39, 0.29) is 11.9 Å². The summed E-state index contributed by atoms with van der Waals surface area (Å²) in [7, 11) is 0. The van der Waals surface area contributed by atoms with Crippen LogP contribution in [-0.2, 0) is 0 Å². The standard InChI is InChI=1S/C14H23FN2/c1-4-8-17(9-5-2)14-7-6-12(11(3)16)10-13(14)15/h6-7,10-11H,4-5,8-9,16H2,1-3H3/t11-/m0/s1. The normalized spacial score (nSPS) is 12.5. The molecule has 0 bridgehead atoms. The lowest BCUT2D eigenvalue weighted by molar-refractivity contribution is 0.608. The Kier molecular flexibility index (Phi) is 5.42. The monoisotopic (exact) mass is 238 g/mol. The second-order valence-electron chi connectivity index (χ2n) is 4.49. The molecule has 0 fully saturated rings. The Hall–Kier alpha value is -1.09. The molecule has 2 N–H and O–H groups in total. The minimum atomic E-state index is -0.165. The highest BCUT2D eigenvalue weighted by molar-refractivity contribution is 5.49. The van der Waals surface area contributed by atoms with E-state index in [9.17, 15) is 4.39 Å². The number of halogens is 1. The molecule has 0 heterocycles. The van der Waals surface area contributed by atoms with E-state index in [1.54, 1.807) is 6.07 Å². The first-order valence-corrected chi connectivity index (χ1v) is 6.40. The van der Waals surface area contributed by atoms with Gasteiger partial charge in [0.05, 0.1) is 5.69 Å². The minimum absolute atomic E-state index is 0.121. The Morgan fingerprint density at radius 2 is 1.82 bits per heavy atom. The molecule has 1 rings (SSSR count). The second-order valence-corrected chi connectivity index (χ2v) is 4.49. The summed E-state index contributed by atoms with van der Waals surface area (Å²) < 4.78 is 14.0. The summed E-state index contributed by atoms with van der Waals surface area (Å²) in [4.78, 5) is 2.10. The van der Waals surface area contributed by atoms with Gasteiger partial charge in [0.2, 0.25) is 0 Å². The van der Waals surface area contributed by atoms with E-state index in [4.69, 9.17) is 5.73 Å². The van der Waals surface area contributed by atoms with Crippen molar-refractivity contribution in [1.82, 2.24) is 0 Å². The number of rotatable bonds is 6. The van der Waals surface area contributed by atoms with Crippen LogP contribution in [0, 0.1) is 5.82 Å². The van der Waals surface area contributed by atoms with Gasteiger partial charge in [-0.05, 0) is 37.5 Å². The number of benzene rings is 1. The van der Waals surface area contributed by atoms with Crippen molar-refractivity contribution in [3.8, 4) is 0 Å². The van der Waals surface area contributed by atoms with Crippen LogP contribution in [0.4, 0.5) is 10.1 Å². The van der Waals surface area contributed by atoms with Crippen molar-refractivity contribution >= 4 is 5.69 Å². The Bertz CT molecular complexity index is 344. The number of hydrogen-bond donors (Lipinski definition) is 1. The molecule has 0 unspecified atom stereocenters. The van der Waals surface area contributed by atoms with E-state index in [2.05, 4.69) is 18.7 Å². The molecule has 2 nitrogen and oxygen atoms in total. The summed E-state index contributed by atoms with van der Waals surface area (Å²) in [6.45, 7) is 7.86. The van der Waals surface area contributed by atoms with Gasteiger partial charge in [0.1, 0.15) is 5.82 Å². The summed E-state index contributed by atoms with van der Waals surface area (Å²) in [6, 6.07) is 5.20. The molecule has 0 amide bonds. The average molecular weight is 238 g/mol. The van der Waals surface area contributed by atoms with E-state index >= 15 is 0 Å². The van der Waals surface area contributed by atoms with Gasteiger partial charge in [-0.3, -0.25) is 0 Å². The van der Waals surface area contributed by atoms with Gasteiger partial charge in [-0.15, -0.1) is 0 Å². The molecule has 0 aliphatic heterocycles. The Morgan fingerprint density at radius 3 is 2.24 bits per heavy atom. The minimum Gasteiger partial charge on any atom is -0.369 e. The molecule has 1 aromatic rings. The van der Waals surface area contributed by atoms with Crippen molar-refractivity contribution < 1.29 is 4.39 Å². The highest BCUT2D eigenvalue weighted by Crippen LogP contribution is 2.23. The molecular formula is C14H23FN2. The molecule has 1 aromatic carbocycles. The summed E-state index contributed by atoms with van der Waals surface area (Å²) in [6.07, 6.45) is 2.04. The predicted molar refractivity (Wildman–Crippen MR) is 71.8 cm³/mol. The summed E-state index contributed by atoms with van der Waals surface area (Å²) in [5.74, 6) is -0.165. The molecule has 96 valence electrons. The lowest BCUT2D eigenvalue weighted by Crippen LogP contribution is -2.26. The van der Waals surface area contributed by atoms with Gasteiger partial charge >= 0.3 is 0 Å². The fraction of sp³-hybridized carbons (Fsp3) is 0.571. The number of nitrogens with two attached hydrogens (primary N) is 1. The zero-order valence-corrected chi connectivity index (χ0v) is 11.0. The van der Waals surface area contributed by atoms with Crippen LogP contribution >= 0.6 is 0 Å². The average Bonchev–Trinajstić information content (AvgIpc) is 2.28. The first kappa shape index (κ1) is 14.0. The van der Waals surface area contributed by atoms with E-state index in [0.29, 0.717) is 5.69 Å². The molecule has 0 saturated heterocycles. The van der Waals surface area contributed by atoms with Crippen molar-refractivity contribution in [1.29, 1.82) is 0 Å². The van der Waals surface area contributed by atoms with E-state index in [1.165, 1.54) is 0 Å². The molecule has 0 aliphatic carbocycles. The van der Waals surface area contributed by atoms with Crippen LogP contribution in [0.15, 0.2) is 18.2 Å². The van der Waals surface area contributed by atoms with Gasteiger partial charge < -0.3 is 10.6 Å². The Morgan fingerprint density at radius 1 is 1.24 bits per heavy atom. The lowest BCUT2D eigenvalue weighted by Gasteiger charge is -2.24. The van der Waals surface area contributed by atoms with Gasteiger partial charge in [0, 0.05) is 19.1 Å². The molecule has 3 heteroatoms. The zero-order valence-electron chi connectivity index (χ0n) is 11.0. The largest absolute Gasteiger partial charge is 0.369 e. The van der Waals surface area contributed by atoms with Crippen LogP contribution in [0.3, 0.4) is 0 Å². The van der Waals surface area contributed by atoms with Crippen LogP contribution in [0.1, 0.15) is 45.2 Å². The molecular weight excluding hydrogens is 215 g/mol. The first-order chi connectivity index (χ1) is 8.10. The van der Waals surface area contributed by atoms with Gasteiger partial charge in [-0.1, -0.05) is 19.9 Å². The fourth-order valence-corrected chi connectivity index (χ4v) is 1.96. The third kappa shape index (κ3) is 3.70. The van der Waals surface area contributed by atoms with Gasteiger partial charge in [-0.2, -0.15) is 0 Å². The third-order valence-corrected chi connectivity index (χ3v) is 2.83. The smallest absolute Gasteiger partial charge is 0.146 e. The van der Waals surface area contributed by atoms with Crippen molar-refractivity contribution in [2.24, 2.45) is 5.73 Å². The number of anilines is 1. The summed E-state index contributed by atoms with van der Waals surface area (Å²) in [5.41, 5.74) is 7.29. The number of hydrogen-bond acceptors (Lipinski definition) is 2. The highest BCUT2D eigenvalue weighted by Gasteiger charge is 2.11. The van der Waals surface area contributed by atoms with Crippen molar-refractivity contribution in [3.63, 3.8) is 0 Å². The first-order valence-electron chi connectivity index (χ1n) is 6.40. The fourth-order valence-electron chi connectivity index (χ4n) is 1.96. The molecule has 1 atom stereocenters. The van der Waals surface area contributed by atoms with Gasteiger partial charge in [-0.25, -0.2) is 4.39 Å². The van der Waals surface area contributed by atoms with E-state index in [0.717, 1.165) is 31.5 Å². The van der Waals surface area contributed by atoms with Crippen LogP contribution < -0.4 is 10.6 Å². The van der Waals surface area contributed by atoms with E-state index in [1.807, 2.05) is 19.1 Å². The molecule has 0 radical (unpaired) electrons. The quantitative estimate of drug-likeness (QED) is 0.822. The van der Waals surface area contributed by atoms with Crippen LogP contribution in [0.5, 0.6) is 0 Å². The van der Waals surface area contributed by atoms with Crippen molar-refractivity contribution in [2.75, 3.05) is 18.0 Å². The van der Waals surface area contributed by atoms with Crippen molar-refractivity contribution in [3.05, 3.63) is 29.6 Å². The highest BCUT2D eigenvalue weighted by atomic mass is 19.1. The predicted octanol–water partition coefficient (Wildman–Crippen LogP) is 3.47. The summed E-state index contributed by atoms with van der Waals surface area (Å²) in [5, 5.41) is 0. The Labute approximate surface area is 104 Å². The molecule has 0 aliphatic rings. The zero-order chi connectivity index (χ0) is 12.8.